The second-order valence-electron chi connectivity index (χ2n) is 6.94. The second-order valence-corrected chi connectivity index (χ2v) is 6.94. The fourth-order valence-corrected chi connectivity index (χ4v) is 3.24. The van der Waals surface area contributed by atoms with E-state index in [2.05, 4.69) is 15.2 Å². The Balaban J connectivity index is 1.34. The molecule has 2 aromatic heterocycles. The van der Waals surface area contributed by atoms with Gasteiger partial charge < -0.3 is 14.2 Å². The molecule has 3 aromatic rings. The number of carbonyl (C=O) groups is 1. The van der Waals surface area contributed by atoms with Gasteiger partial charge in [0.15, 0.2) is 12.4 Å². The van der Waals surface area contributed by atoms with Crippen LogP contribution in [0.2, 0.25) is 0 Å². The minimum atomic E-state index is -0.0545. The molecule has 0 radical (unpaired) electrons. The maximum absolute atomic E-state index is 12.6. The molecule has 1 unspecified atom stereocenters. The Kier molecular flexibility index (Phi) is 5.10. The lowest BCUT2D eigenvalue weighted by Crippen LogP contribution is -2.29. The minimum absolute atomic E-state index is 0.0545. The van der Waals surface area contributed by atoms with Gasteiger partial charge >= 0.3 is 0 Å². The first kappa shape index (κ1) is 18.2. The van der Waals surface area contributed by atoms with Crippen LogP contribution in [0.4, 0.5) is 0 Å². The molecule has 1 fully saturated rings. The molecule has 1 aliphatic heterocycles. The molecule has 28 heavy (non-hydrogen) atoms. The van der Waals surface area contributed by atoms with E-state index in [0.717, 1.165) is 18.7 Å². The Morgan fingerprint density at radius 3 is 2.86 bits per heavy atom. The van der Waals surface area contributed by atoms with Crippen LogP contribution >= 0.6 is 0 Å². The molecule has 8 heteroatoms. The predicted molar refractivity (Wildman–Crippen MR) is 101 cm³/mol. The van der Waals surface area contributed by atoms with Gasteiger partial charge in [0.1, 0.15) is 11.4 Å². The molecule has 3 heterocycles. The molecule has 4 rings (SSSR count). The number of hydrogen-bond donors (Lipinski definition) is 0. The molecule has 0 bridgehead atoms. The topological polar surface area (TPSA) is 86.3 Å². The Bertz CT molecular complexity index is 947. The number of hydrogen-bond acceptors (Lipinski definition) is 6. The van der Waals surface area contributed by atoms with Crippen molar-refractivity contribution in [3.8, 4) is 5.75 Å². The van der Waals surface area contributed by atoms with Gasteiger partial charge in [-0.25, -0.2) is 0 Å². The molecule has 146 valence electrons. The smallest absolute Gasteiger partial charge is 0.274 e. The Labute approximate surface area is 163 Å². The fourth-order valence-electron chi connectivity index (χ4n) is 3.24. The van der Waals surface area contributed by atoms with Crippen molar-refractivity contribution < 1.29 is 14.1 Å². The highest BCUT2D eigenvalue weighted by molar-refractivity contribution is 5.92. The zero-order valence-corrected chi connectivity index (χ0v) is 16.0. The average molecular weight is 381 g/mol. The van der Waals surface area contributed by atoms with Crippen LogP contribution in [0, 0.1) is 6.92 Å². The first-order valence-corrected chi connectivity index (χ1v) is 9.47. The van der Waals surface area contributed by atoms with Gasteiger partial charge in [-0.15, -0.1) is 0 Å². The maximum atomic E-state index is 12.6. The van der Waals surface area contributed by atoms with Crippen molar-refractivity contribution >= 4 is 5.91 Å². The number of nitrogens with zero attached hydrogens (tertiary/aromatic N) is 5. The molecule has 1 aromatic carbocycles. The van der Waals surface area contributed by atoms with E-state index < -0.39 is 0 Å². The molecule has 1 amide bonds. The molecule has 1 saturated heterocycles. The van der Waals surface area contributed by atoms with E-state index in [-0.39, 0.29) is 18.4 Å². The lowest BCUT2D eigenvalue weighted by Gasteiger charge is -2.14. The Hall–Kier alpha value is -3.16. The van der Waals surface area contributed by atoms with E-state index >= 15 is 0 Å². The van der Waals surface area contributed by atoms with E-state index in [9.17, 15) is 4.79 Å². The lowest BCUT2D eigenvalue weighted by molar-refractivity contribution is 0.0783. The van der Waals surface area contributed by atoms with Gasteiger partial charge in [0.25, 0.3) is 11.8 Å². The van der Waals surface area contributed by atoms with E-state index in [1.165, 1.54) is 5.56 Å². The number of amides is 1. The first-order valence-electron chi connectivity index (χ1n) is 9.47. The SMILES string of the molecule is CCn1ccc(C(=O)N2CCC(c3noc(COc4ccc(C)cc4)n3)C2)n1. The van der Waals surface area contributed by atoms with Crippen molar-refractivity contribution in [1.29, 1.82) is 0 Å². The van der Waals surface area contributed by atoms with Crippen molar-refractivity contribution in [2.75, 3.05) is 13.1 Å². The number of benzene rings is 1. The summed E-state index contributed by atoms with van der Waals surface area (Å²) in [6, 6.07) is 9.55. The van der Waals surface area contributed by atoms with E-state index in [1.807, 2.05) is 44.3 Å². The molecular formula is C20H23N5O3. The van der Waals surface area contributed by atoms with E-state index in [0.29, 0.717) is 30.5 Å². The summed E-state index contributed by atoms with van der Waals surface area (Å²) in [7, 11) is 0. The van der Waals surface area contributed by atoms with Crippen molar-refractivity contribution in [2.24, 2.45) is 0 Å². The molecule has 0 spiro atoms. The summed E-state index contributed by atoms with van der Waals surface area (Å²) in [5.41, 5.74) is 1.65. The van der Waals surface area contributed by atoms with Crippen LogP contribution in [0.5, 0.6) is 5.75 Å². The zero-order valence-electron chi connectivity index (χ0n) is 16.0. The van der Waals surface area contributed by atoms with Gasteiger partial charge in [-0.1, -0.05) is 22.9 Å². The second kappa shape index (κ2) is 7.84. The summed E-state index contributed by atoms with van der Waals surface area (Å²) in [5.74, 6) is 1.82. The number of likely N-dealkylation sites (tertiary alicyclic amines) is 1. The van der Waals surface area contributed by atoms with Crippen LogP contribution in [0.3, 0.4) is 0 Å². The number of carbonyl (C=O) groups excluding carboxylic acids is 1. The van der Waals surface area contributed by atoms with Gasteiger partial charge in [-0.05, 0) is 38.5 Å². The standard InChI is InChI=1S/C20H23N5O3/c1-3-25-11-9-17(22-25)20(26)24-10-8-15(12-24)19-21-18(28-23-19)13-27-16-6-4-14(2)5-7-16/h4-7,9,11,15H,3,8,10,12-13H2,1-2H3. The summed E-state index contributed by atoms with van der Waals surface area (Å²) in [6.45, 7) is 6.20. The largest absolute Gasteiger partial charge is 0.484 e. The Morgan fingerprint density at radius 1 is 1.29 bits per heavy atom. The molecule has 0 N–H and O–H groups in total. The summed E-state index contributed by atoms with van der Waals surface area (Å²) < 4.78 is 12.7. The first-order chi connectivity index (χ1) is 13.6. The summed E-state index contributed by atoms with van der Waals surface area (Å²) in [4.78, 5) is 18.9. The molecule has 1 aliphatic rings. The third-order valence-electron chi connectivity index (χ3n) is 4.89. The number of rotatable bonds is 6. The Morgan fingerprint density at radius 2 is 2.11 bits per heavy atom. The van der Waals surface area contributed by atoms with Gasteiger partial charge in [0.05, 0.1) is 0 Å². The van der Waals surface area contributed by atoms with Gasteiger partial charge in [-0.2, -0.15) is 10.1 Å². The summed E-state index contributed by atoms with van der Waals surface area (Å²) in [5, 5.41) is 8.38. The minimum Gasteiger partial charge on any atom is -0.484 e. The van der Waals surface area contributed by atoms with Crippen molar-refractivity contribution in [2.45, 2.75) is 39.3 Å². The van der Waals surface area contributed by atoms with Crippen molar-refractivity contribution in [3.63, 3.8) is 0 Å². The quantitative estimate of drug-likeness (QED) is 0.653. The van der Waals surface area contributed by atoms with Crippen LogP contribution in [0.15, 0.2) is 41.1 Å². The van der Waals surface area contributed by atoms with Crippen LogP contribution < -0.4 is 4.74 Å². The molecule has 0 saturated carbocycles. The lowest BCUT2D eigenvalue weighted by atomic mass is 10.1. The van der Waals surface area contributed by atoms with Crippen LogP contribution in [-0.4, -0.2) is 43.8 Å². The van der Waals surface area contributed by atoms with Gasteiger partial charge in [0, 0.05) is 31.7 Å². The molecule has 0 aliphatic carbocycles. The number of ether oxygens (including phenoxy) is 1. The van der Waals surface area contributed by atoms with Gasteiger partial charge in [0.2, 0.25) is 0 Å². The van der Waals surface area contributed by atoms with E-state index in [1.54, 1.807) is 15.6 Å². The highest BCUT2D eigenvalue weighted by Gasteiger charge is 2.31. The highest BCUT2D eigenvalue weighted by Crippen LogP contribution is 2.26. The van der Waals surface area contributed by atoms with Crippen LogP contribution in [-0.2, 0) is 13.2 Å². The normalized spacial score (nSPS) is 16.5. The molecule has 8 nitrogen and oxygen atoms in total. The van der Waals surface area contributed by atoms with Crippen molar-refractivity contribution in [3.05, 3.63) is 59.5 Å². The number of aromatic nitrogens is 4. The third-order valence-corrected chi connectivity index (χ3v) is 4.89. The van der Waals surface area contributed by atoms with Gasteiger partial charge in [-0.3, -0.25) is 9.48 Å². The monoisotopic (exact) mass is 381 g/mol. The third kappa shape index (κ3) is 3.90. The molecule has 1 atom stereocenters. The summed E-state index contributed by atoms with van der Waals surface area (Å²) in [6.07, 6.45) is 2.62. The van der Waals surface area contributed by atoms with Crippen molar-refractivity contribution in [1.82, 2.24) is 24.8 Å². The highest BCUT2D eigenvalue weighted by atomic mass is 16.5. The van der Waals surface area contributed by atoms with E-state index in [4.69, 9.17) is 9.26 Å². The molecular weight excluding hydrogens is 358 g/mol. The van der Waals surface area contributed by atoms with Crippen LogP contribution in [0.25, 0.3) is 0 Å². The number of aryl methyl sites for hydroxylation is 2. The predicted octanol–water partition coefficient (Wildman–Crippen LogP) is 2.80. The summed E-state index contributed by atoms with van der Waals surface area (Å²) >= 11 is 0. The average Bonchev–Trinajstić information content (AvgIpc) is 3.47. The fraction of sp³-hybridized carbons (Fsp3) is 0.400. The zero-order chi connectivity index (χ0) is 19.5. The maximum Gasteiger partial charge on any atom is 0.274 e. The van der Waals surface area contributed by atoms with Crippen LogP contribution in [0.1, 0.15) is 47.0 Å².